The van der Waals surface area contributed by atoms with E-state index in [1.165, 1.54) is 7.11 Å². The van der Waals surface area contributed by atoms with Gasteiger partial charge in [0.15, 0.2) is 0 Å². The van der Waals surface area contributed by atoms with Crippen molar-refractivity contribution in [3.05, 3.63) is 23.8 Å². The summed E-state index contributed by atoms with van der Waals surface area (Å²) in [6.45, 7) is 2.39. The van der Waals surface area contributed by atoms with E-state index in [-0.39, 0.29) is 0 Å². The van der Waals surface area contributed by atoms with Crippen molar-refractivity contribution in [1.82, 2.24) is 9.97 Å². The molecule has 0 bridgehead atoms. The van der Waals surface area contributed by atoms with Crippen LogP contribution in [-0.4, -0.2) is 29.7 Å². The highest BCUT2D eigenvalue weighted by atomic mass is 16.5. The molecule has 84 valence electrons. The Morgan fingerprint density at radius 1 is 1.50 bits per heavy atom. The van der Waals surface area contributed by atoms with Crippen LogP contribution < -0.4 is 4.74 Å². The van der Waals surface area contributed by atoms with E-state index in [0.717, 1.165) is 5.52 Å². The number of para-hydroxylation sites is 1. The van der Waals surface area contributed by atoms with Gasteiger partial charge in [0.05, 0.1) is 24.8 Å². The minimum absolute atomic E-state index is 0.403. The van der Waals surface area contributed by atoms with Gasteiger partial charge >= 0.3 is 5.97 Å². The Balaban J connectivity index is 2.54. The van der Waals surface area contributed by atoms with Crippen LogP contribution in [0, 0.1) is 0 Å². The molecule has 1 aromatic heterocycles. The number of hydrogen-bond acceptors (Lipinski definition) is 4. The van der Waals surface area contributed by atoms with Crippen LogP contribution in [-0.2, 0) is 4.74 Å². The number of carbonyl (C=O) groups is 1. The molecular weight excluding hydrogens is 208 g/mol. The summed E-state index contributed by atoms with van der Waals surface area (Å²) in [5, 5.41) is 0. The lowest BCUT2D eigenvalue weighted by Gasteiger charge is -1.98. The standard InChI is InChI=1S/C11H12N2O3/c1-3-16-11-12-8-6-4-5-7(9(8)13-11)10(14)15-2/h4-6H,3H2,1-2H3,(H,12,13). The van der Waals surface area contributed by atoms with E-state index in [1.54, 1.807) is 12.1 Å². The molecule has 2 aromatic rings. The largest absolute Gasteiger partial charge is 0.465 e. The lowest BCUT2D eigenvalue weighted by molar-refractivity contribution is 0.0603. The van der Waals surface area contributed by atoms with Gasteiger partial charge in [0.2, 0.25) is 0 Å². The number of H-pyrrole nitrogens is 1. The molecule has 16 heavy (non-hydrogen) atoms. The Bertz CT molecular complexity index is 519. The number of rotatable bonds is 3. The number of esters is 1. The van der Waals surface area contributed by atoms with Crippen molar-refractivity contribution in [1.29, 1.82) is 0 Å². The quantitative estimate of drug-likeness (QED) is 0.800. The molecule has 0 spiro atoms. The number of nitrogens with one attached hydrogen (secondary N) is 1. The first-order valence-corrected chi connectivity index (χ1v) is 4.96. The number of nitrogens with zero attached hydrogens (tertiary/aromatic N) is 1. The van der Waals surface area contributed by atoms with Crippen LogP contribution >= 0.6 is 0 Å². The number of hydrogen-bond donors (Lipinski definition) is 1. The van der Waals surface area contributed by atoms with Gasteiger partial charge in [-0.2, -0.15) is 4.98 Å². The van der Waals surface area contributed by atoms with E-state index in [0.29, 0.717) is 23.7 Å². The van der Waals surface area contributed by atoms with Gasteiger partial charge in [0, 0.05) is 0 Å². The van der Waals surface area contributed by atoms with Gasteiger partial charge in [-0.05, 0) is 19.1 Å². The number of methoxy groups -OCH3 is 1. The fourth-order valence-corrected chi connectivity index (χ4v) is 1.49. The number of imidazole rings is 1. The van der Waals surface area contributed by atoms with Crippen LogP contribution in [0.5, 0.6) is 6.01 Å². The summed E-state index contributed by atoms with van der Waals surface area (Å²) in [5.74, 6) is -0.403. The van der Waals surface area contributed by atoms with Crippen LogP contribution in [0.3, 0.4) is 0 Å². The lowest BCUT2D eigenvalue weighted by atomic mass is 10.2. The SMILES string of the molecule is CCOc1nc2c(C(=O)OC)cccc2[nH]1. The third-order valence-electron chi connectivity index (χ3n) is 2.18. The second-order valence-electron chi connectivity index (χ2n) is 3.17. The van der Waals surface area contributed by atoms with Crippen LogP contribution in [0.15, 0.2) is 18.2 Å². The monoisotopic (exact) mass is 220 g/mol. The number of fused-ring (bicyclic) bond motifs is 1. The zero-order valence-electron chi connectivity index (χ0n) is 9.11. The van der Waals surface area contributed by atoms with Crippen molar-refractivity contribution in [2.75, 3.05) is 13.7 Å². The Morgan fingerprint density at radius 2 is 2.31 bits per heavy atom. The number of aromatic nitrogens is 2. The Kier molecular flexibility index (Phi) is 2.76. The molecule has 0 saturated heterocycles. The highest BCUT2D eigenvalue weighted by Crippen LogP contribution is 2.20. The summed E-state index contributed by atoms with van der Waals surface area (Å²) in [5.41, 5.74) is 1.76. The summed E-state index contributed by atoms with van der Waals surface area (Å²) in [4.78, 5) is 18.6. The van der Waals surface area contributed by atoms with Crippen molar-refractivity contribution in [2.45, 2.75) is 6.92 Å². The van der Waals surface area contributed by atoms with Crippen LogP contribution in [0.1, 0.15) is 17.3 Å². The van der Waals surface area contributed by atoms with E-state index >= 15 is 0 Å². The average molecular weight is 220 g/mol. The number of ether oxygens (including phenoxy) is 2. The predicted molar refractivity (Wildman–Crippen MR) is 58.6 cm³/mol. The second-order valence-corrected chi connectivity index (χ2v) is 3.17. The molecule has 0 aliphatic heterocycles. The van der Waals surface area contributed by atoms with Crippen molar-refractivity contribution < 1.29 is 14.3 Å². The van der Waals surface area contributed by atoms with Crippen LogP contribution in [0.2, 0.25) is 0 Å². The first kappa shape index (κ1) is 10.5. The third kappa shape index (κ3) is 1.71. The molecule has 5 nitrogen and oxygen atoms in total. The third-order valence-corrected chi connectivity index (χ3v) is 2.18. The molecule has 5 heteroatoms. The number of aromatic amines is 1. The maximum Gasteiger partial charge on any atom is 0.340 e. The van der Waals surface area contributed by atoms with Gasteiger partial charge in [-0.15, -0.1) is 0 Å². The van der Waals surface area contributed by atoms with Gasteiger partial charge in [-0.1, -0.05) is 6.07 Å². The molecular formula is C11H12N2O3. The van der Waals surface area contributed by atoms with Crippen molar-refractivity contribution in [2.24, 2.45) is 0 Å². The van der Waals surface area contributed by atoms with Crippen LogP contribution in [0.25, 0.3) is 11.0 Å². The number of carbonyl (C=O) groups excluding carboxylic acids is 1. The fourth-order valence-electron chi connectivity index (χ4n) is 1.49. The number of benzene rings is 1. The van der Waals surface area contributed by atoms with E-state index in [1.807, 2.05) is 13.0 Å². The normalized spacial score (nSPS) is 10.4. The molecule has 0 aliphatic carbocycles. The average Bonchev–Trinajstić information content (AvgIpc) is 2.70. The lowest BCUT2D eigenvalue weighted by Crippen LogP contribution is -2.01. The first-order chi connectivity index (χ1) is 7.76. The van der Waals surface area contributed by atoms with Crippen molar-refractivity contribution in [3.8, 4) is 6.01 Å². The van der Waals surface area contributed by atoms with Gasteiger partial charge in [-0.25, -0.2) is 4.79 Å². The smallest absolute Gasteiger partial charge is 0.340 e. The van der Waals surface area contributed by atoms with E-state index in [4.69, 9.17) is 4.74 Å². The topological polar surface area (TPSA) is 64.2 Å². The van der Waals surface area contributed by atoms with E-state index in [2.05, 4.69) is 14.7 Å². The Hall–Kier alpha value is -2.04. The second kappa shape index (κ2) is 4.22. The highest BCUT2D eigenvalue weighted by molar-refractivity contribution is 6.02. The maximum absolute atomic E-state index is 11.5. The molecule has 1 N–H and O–H groups in total. The molecule has 0 atom stereocenters. The summed E-state index contributed by atoms with van der Waals surface area (Å²) >= 11 is 0. The van der Waals surface area contributed by atoms with Crippen molar-refractivity contribution >= 4 is 17.0 Å². The van der Waals surface area contributed by atoms with Gasteiger partial charge in [0.25, 0.3) is 6.01 Å². The van der Waals surface area contributed by atoms with Crippen LogP contribution in [0.4, 0.5) is 0 Å². The zero-order chi connectivity index (χ0) is 11.5. The predicted octanol–water partition coefficient (Wildman–Crippen LogP) is 1.75. The summed E-state index contributed by atoms with van der Waals surface area (Å²) < 4.78 is 9.92. The molecule has 0 saturated carbocycles. The minimum atomic E-state index is -0.403. The summed E-state index contributed by atoms with van der Waals surface area (Å²) in [7, 11) is 1.34. The molecule has 2 rings (SSSR count). The molecule has 0 unspecified atom stereocenters. The van der Waals surface area contributed by atoms with Gasteiger partial charge in [-0.3, -0.25) is 0 Å². The van der Waals surface area contributed by atoms with E-state index in [9.17, 15) is 4.79 Å². The Labute approximate surface area is 92.4 Å². The molecule has 1 heterocycles. The molecule has 1 aromatic carbocycles. The molecule has 0 amide bonds. The van der Waals surface area contributed by atoms with Gasteiger partial charge in [0.1, 0.15) is 5.52 Å². The molecule has 0 radical (unpaired) electrons. The molecule has 0 aliphatic rings. The highest BCUT2D eigenvalue weighted by Gasteiger charge is 2.13. The maximum atomic E-state index is 11.5. The van der Waals surface area contributed by atoms with Crippen molar-refractivity contribution in [3.63, 3.8) is 0 Å². The van der Waals surface area contributed by atoms with E-state index < -0.39 is 5.97 Å². The first-order valence-electron chi connectivity index (χ1n) is 4.96. The summed E-state index contributed by atoms with van der Waals surface area (Å²) in [6.07, 6.45) is 0. The molecule has 0 fully saturated rings. The minimum Gasteiger partial charge on any atom is -0.465 e. The fraction of sp³-hybridized carbons (Fsp3) is 0.273. The zero-order valence-corrected chi connectivity index (χ0v) is 9.11. The summed E-state index contributed by atoms with van der Waals surface area (Å²) in [6, 6.07) is 5.68. The van der Waals surface area contributed by atoms with Gasteiger partial charge < -0.3 is 14.5 Å². The Morgan fingerprint density at radius 3 is 3.00 bits per heavy atom.